The third-order valence-electron chi connectivity index (χ3n) is 2.77. The van der Waals surface area contributed by atoms with Gasteiger partial charge in [-0.15, -0.1) is 0 Å². The van der Waals surface area contributed by atoms with Gasteiger partial charge in [-0.05, 0) is 18.2 Å². The van der Waals surface area contributed by atoms with Gasteiger partial charge in [0.25, 0.3) is 11.8 Å². The lowest BCUT2D eigenvalue weighted by Crippen LogP contribution is -2.43. The summed E-state index contributed by atoms with van der Waals surface area (Å²) < 4.78 is 14.9. The van der Waals surface area contributed by atoms with Gasteiger partial charge in [0.05, 0.1) is 0 Å². The topological polar surface area (TPSA) is 132 Å². The van der Waals surface area contributed by atoms with E-state index in [1.165, 1.54) is 19.1 Å². The average Bonchev–Trinajstić information content (AvgIpc) is 3.03. The summed E-state index contributed by atoms with van der Waals surface area (Å²) in [6, 6.07) is 4.60. The molecular formula is C14H15N3O7. The molecule has 0 bridgehead atoms. The lowest BCUT2D eigenvalue weighted by atomic mass is 10.2. The first-order valence-electron chi connectivity index (χ1n) is 6.84. The summed E-state index contributed by atoms with van der Waals surface area (Å²) in [7, 11) is 0. The normalized spacial score (nSPS) is 11.4. The van der Waals surface area contributed by atoms with Crippen LogP contribution in [0.1, 0.15) is 17.3 Å². The van der Waals surface area contributed by atoms with Crippen LogP contribution in [-0.4, -0.2) is 43.6 Å². The molecule has 0 unspecified atom stereocenters. The van der Waals surface area contributed by atoms with Gasteiger partial charge in [0.1, 0.15) is 6.54 Å². The Hall–Kier alpha value is -3.30. The number of nitrogens with one attached hydrogen (secondary N) is 3. The minimum Gasteiger partial charge on any atom is -0.454 e. The Morgan fingerprint density at radius 3 is 2.62 bits per heavy atom. The Kier molecular flexibility index (Phi) is 5.55. The molecule has 1 aliphatic heterocycles. The summed E-state index contributed by atoms with van der Waals surface area (Å²) in [5, 5.41) is 2.35. The van der Waals surface area contributed by atoms with Crippen molar-refractivity contribution >= 4 is 23.7 Å². The van der Waals surface area contributed by atoms with Crippen molar-refractivity contribution in [1.82, 2.24) is 16.2 Å². The monoisotopic (exact) mass is 337 g/mol. The van der Waals surface area contributed by atoms with Crippen LogP contribution in [0.4, 0.5) is 0 Å². The van der Waals surface area contributed by atoms with E-state index in [-0.39, 0.29) is 12.4 Å². The van der Waals surface area contributed by atoms with Gasteiger partial charge < -0.3 is 19.5 Å². The molecule has 3 amide bonds. The first kappa shape index (κ1) is 17.1. The van der Waals surface area contributed by atoms with Crippen LogP contribution in [0.5, 0.6) is 11.5 Å². The number of esters is 1. The van der Waals surface area contributed by atoms with E-state index in [1.807, 2.05) is 10.9 Å². The van der Waals surface area contributed by atoms with Crippen LogP contribution in [0.25, 0.3) is 0 Å². The van der Waals surface area contributed by atoms with E-state index in [0.717, 1.165) is 0 Å². The maximum atomic E-state index is 11.9. The predicted molar refractivity (Wildman–Crippen MR) is 77.8 cm³/mol. The highest BCUT2D eigenvalue weighted by molar-refractivity contribution is 5.96. The van der Waals surface area contributed by atoms with E-state index in [1.54, 1.807) is 6.07 Å². The Bertz CT molecular complexity index is 674. The van der Waals surface area contributed by atoms with Gasteiger partial charge in [-0.25, -0.2) is 0 Å². The molecule has 0 saturated heterocycles. The fourth-order valence-corrected chi connectivity index (χ4v) is 1.68. The molecule has 0 saturated carbocycles. The minimum absolute atomic E-state index is 0.0906. The number of carbonyl (C=O) groups is 4. The SMILES string of the molecule is CC(=O)NNC(=O)COC(=O)CNC(=O)c1ccc2c(c1)OCO2. The first-order chi connectivity index (χ1) is 11.5. The molecule has 1 aromatic rings. The maximum absolute atomic E-state index is 11.9. The van der Waals surface area contributed by atoms with Gasteiger partial charge in [-0.1, -0.05) is 0 Å². The molecule has 128 valence electrons. The fourth-order valence-electron chi connectivity index (χ4n) is 1.68. The summed E-state index contributed by atoms with van der Waals surface area (Å²) in [6.07, 6.45) is 0. The molecule has 10 heteroatoms. The molecule has 10 nitrogen and oxygen atoms in total. The molecule has 0 radical (unpaired) electrons. The number of fused-ring (bicyclic) bond motifs is 1. The van der Waals surface area contributed by atoms with Crippen molar-refractivity contribution in [3.8, 4) is 11.5 Å². The van der Waals surface area contributed by atoms with Gasteiger partial charge in [0.2, 0.25) is 12.7 Å². The molecule has 0 spiro atoms. The van der Waals surface area contributed by atoms with Crippen LogP contribution >= 0.6 is 0 Å². The number of carbonyl (C=O) groups excluding carboxylic acids is 4. The third-order valence-corrected chi connectivity index (χ3v) is 2.77. The quantitative estimate of drug-likeness (QED) is 0.457. The van der Waals surface area contributed by atoms with Crippen molar-refractivity contribution in [2.45, 2.75) is 6.92 Å². The van der Waals surface area contributed by atoms with Crippen molar-refractivity contribution in [1.29, 1.82) is 0 Å². The highest BCUT2D eigenvalue weighted by Crippen LogP contribution is 2.32. The van der Waals surface area contributed by atoms with Crippen molar-refractivity contribution in [2.75, 3.05) is 19.9 Å². The first-order valence-corrected chi connectivity index (χ1v) is 6.84. The number of hydrogen-bond donors (Lipinski definition) is 3. The lowest BCUT2D eigenvalue weighted by Gasteiger charge is -2.08. The number of hydrazine groups is 1. The molecule has 24 heavy (non-hydrogen) atoms. The van der Waals surface area contributed by atoms with Gasteiger partial charge in [0.15, 0.2) is 18.1 Å². The summed E-state index contributed by atoms with van der Waals surface area (Å²) in [4.78, 5) is 45.2. The minimum atomic E-state index is -0.804. The van der Waals surface area contributed by atoms with Crippen LogP contribution < -0.4 is 25.6 Å². The van der Waals surface area contributed by atoms with Crippen LogP contribution in [0.2, 0.25) is 0 Å². The average molecular weight is 337 g/mol. The highest BCUT2D eigenvalue weighted by Gasteiger charge is 2.17. The summed E-state index contributed by atoms with van der Waals surface area (Å²) in [5.74, 6) is -1.50. The van der Waals surface area contributed by atoms with Crippen LogP contribution in [0.15, 0.2) is 18.2 Å². The van der Waals surface area contributed by atoms with Crippen LogP contribution in [0, 0.1) is 0 Å². The highest BCUT2D eigenvalue weighted by atomic mass is 16.7. The van der Waals surface area contributed by atoms with Gasteiger partial charge in [-0.3, -0.25) is 30.0 Å². The third kappa shape index (κ3) is 4.87. The second kappa shape index (κ2) is 7.81. The maximum Gasteiger partial charge on any atom is 0.325 e. The Morgan fingerprint density at radius 2 is 1.88 bits per heavy atom. The van der Waals surface area contributed by atoms with Crippen molar-refractivity contribution in [3.05, 3.63) is 23.8 Å². The van der Waals surface area contributed by atoms with Gasteiger partial charge in [-0.2, -0.15) is 0 Å². The molecule has 1 aliphatic rings. The van der Waals surface area contributed by atoms with E-state index in [4.69, 9.17) is 9.47 Å². The molecular weight excluding hydrogens is 322 g/mol. The van der Waals surface area contributed by atoms with E-state index < -0.39 is 36.8 Å². The van der Waals surface area contributed by atoms with Crippen LogP contribution in [0.3, 0.4) is 0 Å². The standard InChI is InChI=1S/C14H15N3O7/c1-8(18)16-17-12(19)6-22-13(20)5-15-14(21)9-2-3-10-11(4-9)24-7-23-10/h2-4H,5-7H2,1H3,(H,15,21)(H,16,18)(H,17,19). The number of rotatable bonds is 5. The molecule has 0 aromatic heterocycles. The zero-order valence-electron chi connectivity index (χ0n) is 12.7. The van der Waals surface area contributed by atoms with Gasteiger partial charge >= 0.3 is 5.97 Å². The summed E-state index contributed by atoms with van der Waals surface area (Å²) >= 11 is 0. The van der Waals surface area contributed by atoms with Crippen molar-refractivity contribution in [2.24, 2.45) is 0 Å². The molecule has 0 atom stereocenters. The lowest BCUT2D eigenvalue weighted by molar-refractivity contribution is -0.148. The second-order valence-corrected chi connectivity index (χ2v) is 4.64. The fraction of sp³-hybridized carbons (Fsp3) is 0.286. The zero-order chi connectivity index (χ0) is 17.5. The molecule has 1 heterocycles. The van der Waals surface area contributed by atoms with E-state index in [2.05, 4.69) is 10.1 Å². The molecule has 1 aromatic carbocycles. The Labute approximate surface area is 136 Å². The smallest absolute Gasteiger partial charge is 0.325 e. The zero-order valence-corrected chi connectivity index (χ0v) is 12.7. The number of ether oxygens (including phenoxy) is 3. The number of benzene rings is 1. The van der Waals surface area contributed by atoms with E-state index in [9.17, 15) is 19.2 Å². The molecule has 2 rings (SSSR count). The Balaban J connectivity index is 1.72. The molecule has 0 fully saturated rings. The largest absolute Gasteiger partial charge is 0.454 e. The summed E-state index contributed by atoms with van der Waals surface area (Å²) in [5.41, 5.74) is 4.35. The van der Waals surface area contributed by atoms with Crippen molar-refractivity contribution < 1.29 is 33.4 Å². The molecule has 0 aliphatic carbocycles. The predicted octanol–water partition coefficient (Wildman–Crippen LogP) is -1.14. The Morgan fingerprint density at radius 1 is 1.12 bits per heavy atom. The number of hydrogen-bond acceptors (Lipinski definition) is 7. The van der Waals surface area contributed by atoms with Crippen molar-refractivity contribution in [3.63, 3.8) is 0 Å². The van der Waals surface area contributed by atoms with Gasteiger partial charge in [0, 0.05) is 12.5 Å². The second-order valence-electron chi connectivity index (χ2n) is 4.64. The summed E-state index contributed by atoms with van der Waals surface area (Å²) in [6.45, 7) is 0.297. The molecule has 3 N–H and O–H groups in total. The number of amides is 3. The van der Waals surface area contributed by atoms with Crippen LogP contribution in [-0.2, 0) is 19.1 Å². The van der Waals surface area contributed by atoms with E-state index >= 15 is 0 Å². The van der Waals surface area contributed by atoms with E-state index in [0.29, 0.717) is 11.5 Å².